The molecule has 13 heavy (non-hydrogen) atoms. The molecule has 76 valence electrons. The highest BCUT2D eigenvalue weighted by atomic mass is 16.7. The minimum absolute atomic E-state index is 0.0625. The van der Waals surface area contributed by atoms with Crippen molar-refractivity contribution >= 4 is 0 Å². The Bertz CT molecular complexity index is 172. The van der Waals surface area contributed by atoms with Crippen LogP contribution in [-0.4, -0.2) is 30.2 Å². The topological polar surface area (TPSA) is 38.7 Å². The second kappa shape index (κ2) is 4.22. The van der Waals surface area contributed by atoms with E-state index < -0.39 is 5.79 Å². The Morgan fingerprint density at radius 2 is 2.23 bits per heavy atom. The van der Waals surface area contributed by atoms with Crippen LogP contribution in [0.25, 0.3) is 0 Å². The predicted molar refractivity (Wildman–Crippen MR) is 50.3 cm³/mol. The van der Waals surface area contributed by atoms with Gasteiger partial charge in [-0.05, 0) is 6.42 Å². The van der Waals surface area contributed by atoms with E-state index in [4.69, 9.17) is 9.47 Å². The molecular formula is C10H18O3. The fourth-order valence-electron chi connectivity index (χ4n) is 1.97. The number of fused-ring (bicyclic) bond motifs is 1. The van der Waals surface area contributed by atoms with Crippen molar-refractivity contribution in [2.45, 2.75) is 31.7 Å². The molecule has 3 atom stereocenters. The Kier molecular flexibility index (Phi) is 3.47. The number of rotatable bonds is 1. The first kappa shape index (κ1) is 10.7. The average Bonchev–Trinajstić information content (AvgIpc) is 2.64. The third-order valence-electron chi connectivity index (χ3n) is 2.75. The molecule has 0 aromatic rings. The Morgan fingerprint density at radius 3 is 2.85 bits per heavy atom. The fourth-order valence-corrected chi connectivity index (χ4v) is 1.97. The number of ether oxygens (including phenoxy) is 2. The van der Waals surface area contributed by atoms with E-state index in [-0.39, 0.29) is 12.0 Å². The van der Waals surface area contributed by atoms with Crippen LogP contribution in [0.15, 0.2) is 13.2 Å². The molecule has 2 heterocycles. The molecule has 0 aromatic heterocycles. The quantitative estimate of drug-likeness (QED) is 0.628. The lowest BCUT2D eigenvalue weighted by molar-refractivity contribution is -0.207. The zero-order valence-electron chi connectivity index (χ0n) is 8.16. The molecule has 0 amide bonds. The van der Waals surface area contributed by atoms with Gasteiger partial charge in [0.05, 0.1) is 13.2 Å². The highest BCUT2D eigenvalue weighted by Crippen LogP contribution is 2.40. The van der Waals surface area contributed by atoms with E-state index in [0.717, 1.165) is 12.8 Å². The first-order valence-electron chi connectivity index (χ1n) is 4.75. The minimum Gasteiger partial charge on any atom is -0.372 e. The lowest BCUT2D eigenvalue weighted by Crippen LogP contribution is -2.40. The SMILES string of the molecule is C=C.CC[C@@H]1CO[C@@H]2CCO[C@]12O. The molecule has 0 unspecified atom stereocenters. The highest BCUT2D eigenvalue weighted by molar-refractivity contribution is 4.94. The molecule has 2 rings (SSSR count). The van der Waals surface area contributed by atoms with Crippen LogP contribution in [-0.2, 0) is 9.47 Å². The second-order valence-corrected chi connectivity index (χ2v) is 3.32. The number of hydrogen-bond acceptors (Lipinski definition) is 3. The van der Waals surface area contributed by atoms with Crippen LogP contribution in [0.2, 0.25) is 0 Å². The summed E-state index contributed by atoms with van der Waals surface area (Å²) in [4.78, 5) is 0. The highest BCUT2D eigenvalue weighted by Gasteiger charge is 2.53. The van der Waals surface area contributed by atoms with E-state index >= 15 is 0 Å². The average molecular weight is 186 g/mol. The van der Waals surface area contributed by atoms with Gasteiger partial charge in [0.1, 0.15) is 6.10 Å². The van der Waals surface area contributed by atoms with E-state index in [0.29, 0.717) is 13.2 Å². The van der Waals surface area contributed by atoms with E-state index in [1.807, 2.05) is 0 Å². The molecule has 0 saturated carbocycles. The van der Waals surface area contributed by atoms with Crippen molar-refractivity contribution in [3.8, 4) is 0 Å². The molecule has 2 fully saturated rings. The maximum Gasteiger partial charge on any atom is 0.197 e. The van der Waals surface area contributed by atoms with Crippen LogP contribution >= 0.6 is 0 Å². The Morgan fingerprint density at radius 1 is 1.54 bits per heavy atom. The summed E-state index contributed by atoms with van der Waals surface area (Å²) in [6.45, 7) is 9.34. The molecule has 0 spiro atoms. The van der Waals surface area contributed by atoms with Gasteiger partial charge in [-0.2, -0.15) is 0 Å². The molecule has 3 nitrogen and oxygen atoms in total. The molecule has 0 aromatic carbocycles. The Balaban J connectivity index is 0.000000396. The van der Waals surface area contributed by atoms with Crippen molar-refractivity contribution in [2.24, 2.45) is 5.92 Å². The number of aliphatic hydroxyl groups is 1. The predicted octanol–water partition coefficient (Wildman–Crippen LogP) is 1.32. The van der Waals surface area contributed by atoms with Crippen LogP contribution in [0, 0.1) is 5.92 Å². The van der Waals surface area contributed by atoms with Crippen LogP contribution in [0.4, 0.5) is 0 Å². The zero-order chi connectivity index (χ0) is 9.90. The van der Waals surface area contributed by atoms with Gasteiger partial charge in [-0.1, -0.05) is 6.92 Å². The van der Waals surface area contributed by atoms with E-state index in [1.54, 1.807) is 0 Å². The third-order valence-corrected chi connectivity index (χ3v) is 2.75. The van der Waals surface area contributed by atoms with Crippen molar-refractivity contribution in [3.63, 3.8) is 0 Å². The molecule has 0 radical (unpaired) electrons. The smallest absolute Gasteiger partial charge is 0.197 e. The molecule has 0 aliphatic carbocycles. The Hall–Kier alpha value is -0.380. The van der Waals surface area contributed by atoms with Gasteiger partial charge < -0.3 is 14.6 Å². The van der Waals surface area contributed by atoms with Crippen LogP contribution in [0.3, 0.4) is 0 Å². The molecule has 2 aliphatic rings. The normalized spacial score (nSPS) is 42.3. The van der Waals surface area contributed by atoms with Gasteiger partial charge >= 0.3 is 0 Å². The minimum atomic E-state index is -0.950. The van der Waals surface area contributed by atoms with Crippen molar-refractivity contribution < 1.29 is 14.6 Å². The molecule has 1 N–H and O–H groups in total. The summed E-state index contributed by atoms with van der Waals surface area (Å²) in [7, 11) is 0. The summed E-state index contributed by atoms with van der Waals surface area (Å²) in [5, 5.41) is 9.94. The maximum absolute atomic E-state index is 9.94. The van der Waals surface area contributed by atoms with E-state index in [9.17, 15) is 5.11 Å². The molecule has 2 saturated heterocycles. The summed E-state index contributed by atoms with van der Waals surface area (Å²) < 4.78 is 10.7. The van der Waals surface area contributed by atoms with Gasteiger partial charge in [0.2, 0.25) is 0 Å². The van der Waals surface area contributed by atoms with Crippen molar-refractivity contribution in [2.75, 3.05) is 13.2 Å². The summed E-state index contributed by atoms with van der Waals surface area (Å²) in [6, 6.07) is 0. The first-order valence-corrected chi connectivity index (χ1v) is 4.75. The summed E-state index contributed by atoms with van der Waals surface area (Å²) in [6.07, 6.45) is 1.70. The monoisotopic (exact) mass is 186 g/mol. The lowest BCUT2D eigenvalue weighted by Gasteiger charge is -2.25. The van der Waals surface area contributed by atoms with Crippen LogP contribution < -0.4 is 0 Å². The lowest BCUT2D eigenvalue weighted by atomic mass is 9.95. The van der Waals surface area contributed by atoms with Crippen molar-refractivity contribution in [1.29, 1.82) is 0 Å². The van der Waals surface area contributed by atoms with E-state index in [1.165, 1.54) is 0 Å². The molecule has 0 bridgehead atoms. The maximum atomic E-state index is 9.94. The largest absolute Gasteiger partial charge is 0.372 e. The molecule has 3 heteroatoms. The standard InChI is InChI=1S/C8H14O3.C2H4/c1-2-6-5-10-7-3-4-11-8(6,7)9;1-2/h6-7,9H,2-5H2,1H3;1-2H2/t6-,7-,8-;/m1./s1. The summed E-state index contributed by atoms with van der Waals surface area (Å²) in [5.74, 6) is -0.774. The number of hydrogen-bond donors (Lipinski definition) is 1. The molecular weight excluding hydrogens is 168 g/mol. The fraction of sp³-hybridized carbons (Fsp3) is 0.800. The zero-order valence-corrected chi connectivity index (χ0v) is 8.16. The van der Waals surface area contributed by atoms with Gasteiger partial charge in [0.25, 0.3) is 0 Å². The van der Waals surface area contributed by atoms with Gasteiger partial charge in [0, 0.05) is 12.3 Å². The first-order chi connectivity index (χ1) is 6.27. The second-order valence-electron chi connectivity index (χ2n) is 3.32. The van der Waals surface area contributed by atoms with Crippen LogP contribution in [0.5, 0.6) is 0 Å². The van der Waals surface area contributed by atoms with Gasteiger partial charge in [-0.15, -0.1) is 13.2 Å². The van der Waals surface area contributed by atoms with Gasteiger partial charge in [0.15, 0.2) is 5.79 Å². The van der Waals surface area contributed by atoms with Crippen molar-refractivity contribution in [3.05, 3.63) is 13.2 Å². The van der Waals surface area contributed by atoms with E-state index in [2.05, 4.69) is 20.1 Å². The third kappa shape index (κ3) is 1.64. The Labute approximate surface area is 79.3 Å². The summed E-state index contributed by atoms with van der Waals surface area (Å²) >= 11 is 0. The van der Waals surface area contributed by atoms with Crippen LogP contribution in [0.1, 0.15) is 19.8 Å². The van der Waals surface area contributed by atoms with Gasteiger partial charge in [-0.25, -0.2) is 0 Å². The van der Waals surface area contributed by atoms with Gasteiger partial charge in [-0.3, -0.25) is 0 Å². The summed E-state index contributed by atoms with van der Waals surface area (Å²) in [5.41, 5.74) is 0. The van der Waals surface area contributed by atoms with Crippen molar-refractivity contribution in [1.82, 2.24) is 0 Å². The molecule has 2 aliphatic heterocycles.